The molecule has 0 saturated carbocycles. The molecular formula is C22H28BN5O3. The van der Waals surface area contributed by atoms with Gasteiger partial charge in [-0.1, -0.05) is 12.6 Å². The zero-order valence-electron chi connectivity index (χ0n) is 18.1. The van der Waals surface area contributed by atoms with Crippen LogP contribution in [0.1, 0.15) is 25.7 Å². The molecule has 0 bridgehead atoms. The van der Waals surface area contributed by atoms with Crippen LogP contribution in [0.3, 0.4) is 0 Å². The summed E-state index contributed by atoms with van der Waals surface area (Å²) < 4.78 is 0. The molecule has 3 aliphatic rings. The first kappa shape index (κ1) is 21.2. The highest BCUT2D eigenvalue weighted by Crippen LogP contribution is 2.47. The molecule has 3 saturated heterocycles. The van der Waals surface area contributed by atoms with E-state index < -0.39 is 11.9 Å². The predicted octanol–water partition coefficient (Wildman–Crippen LogP) is 1.68. The molecule has 1 unspecified atom stereocenters. The smallest absolute Gasteiger partial charge is 0.267 e. The molecule has 1 aromatic carbocycles. The second kappa shape index (κ2) is 8.25. The number of amides is 3. The minimum absolute atomic E-state index is 0.209. The molecular weight excluding hydrogens is 393 g/mol. The van der Waals surface area contributed by atoms with Crippen LogP contribution < -0.4 is 20.0 Å². The van der Waals surface area contributed by atoms with Crippen molar-refractivity contribution in [2.24, 2.45) is 5.41 Å². The van der Waals surface area contributed by atoms with Gasteiger partial charge in [-0.15, -0.1) is 0 Å². The Bertz CT molecular complexity index is 928. The molecule has 1 aromatic rings. The molecule has 3 aliphatic heterocycles. The van der Waals surface area contributed by atoms with Gasteiger partial charge < -0.3 is 14.7 Å². The van der Waals surface area contributed by atoms with Crippen LogP contribution in [-0.2, 0) is 14.4 Å². The zero-order chi connectivity index (χ0) is 22.2. The van der Waals surface area contributed by atoms with Crippen molar-refractivity contribution in [1.82, 2.24) is 5.32 Å². The summed E-state index contributed by atoms with van der Waals surface area (Å²) in [5.41, 5.74) is 2.92. The van der Waals surface area contributed by atoms with Crippen LogP contribution in [0.25, 0.3) is 0 Å². The fourth-order valence-corrected chi connectivity index (χ4v) is 5.15. The van der Waals surface area contributed by atoms with Gasteiger partial charge in [0.25, 0.3) is 6.71 Å². The first-order valence-electron chi connectivity index (χ1n) is 10.9. The molecule has 9 heteroatoms. The predicted molar refractivity (Wildman–Crippen MR) is 120 cm³/mol. The number of piperidine rings is 1. The SMILES string of the molecule is CN(C)c1cc(N2CC3(CCB(C#N)CC3)C2)ccc1N(C=O)C1CCC(=O)NC1=O. The van der Waals surface area contributed by atoms with Crippen molar-refractivity contribution in [2.75, 3.05) is 41.9 Å². The maximum Gasteiger partial charge on any atom is 0.267 e. The van der Waals surface area contributed by atoms with Crippen molar-refractivity contribution in [1.29, 1.82) is 5.26 Å². The Labute approximate surface area is 183 Å². The second-order valence-electron chi connectivity index (χ2n) is 9.31. The number of imide groups is 1. The number of nitrogens with zero attached hydrogens (tertiary/aromatic N) is 4. The zero-order valence-corrected chi connectivity index (χ0v) is 18.1. The summed E-state index contributed by atoms with van der Waals surface area (Å²) >= 11 is 0. The lowest BCUT2D eigenvalue weighted by Gasteiger charge is -2.54. The Balaban J connectivity index is 1.52. The number of nitrogens with one attached hydrogen (secondary N) is 1. The number of hydrogen-bond acceptors (Lipinski definition) is 6. The van der Waals surface area contributed by atoms with Gasteiger partial charge in [0.2, 0.25) is 18.2 Å². The summed E-state index contributed by atoms with van der Waals surface area (Å²) in [4.78, 5) is 41.5. The monoisotopic (exact) mass is 421 g/mol. The van der Waals surface area contributed by atoms with Crippen molar-refractivity contribution < 1.29 is 14.4 Å². The summed E-state index contributed by atoms with van der Waals surface area (Å²) in [6.45, 7) is 2.19. The van der Waals surface area contributed by atoms with Gasteiger partial charge in [0.05, 0.1) is 11.4 Å². The number of nitriles is 1. The number of carbonyl (C=O) groups excluding carboxylic acids is 3. The highest BCUT2D eigenvalue weighted by molar-refractivity contribution is 6.67. The number of hydrogen-bond donors (Lipinski definition) is 1. The van der Waals surface area contributed by atoms with Crippen molar-refractivity contribution in [3.05, 3.63) is 18.2 Å². The van der Waals surface area contributed by atoms with Crippen molar-refractivity contribution >= 4 is 42.0 Å². The van der Waals surface area contributed by atoms with E-state index in [1.54, 1.807) is 0 Å². The summed E-state index contributed by atoms with van der Waals surface area (Å²) in [6.07, 6.45) is 5.41. The molecule has 3 fully saturated rings. The quantitative estimate of drug-likeness (QED) is 0.442. The molecule has 3 heterocycles. The van der Waals surface area contributed by atoms with E-state index in [1.165, 1.54) is 4.90 Å². The van der Waals surface area contributed by atoms with Gasteiger partial charge in [0.1, 0.15) is 6.04 Å². The van der Waals surface area contributed by atoms with Crippen molar-refractivity contribution in [3.8, 4) is 5.97 Å². The second-order valence-corrected chi connectivity index (χ2v) is 9.31. The summed E-state index contributed by atoms with van der Waals surface area (Å²) in [7, 11) is 3.83. The van der Waals surface area contributed by atoms with Gasteiger partial charge in [-0.05, 0) is 37.5 Å². The lowest BCUT2D eigenvalue weighted by Crippen LogP contribution is -2.58. The third kappa shape index (κ3) is 3.99. The fourth-order valence-electron chi connectivity index (χ4n) is 5.15. The Kier molecular flexibility index (Phi) is 5.65. The highest BCUT2D eigenvalue weighted by Gasteiger charge is 2.46. The van der Waals surface area contributed by atoms with Gasteiger partial charge in [-0.25, -0.2) is 5.26 Å². The van der Waals surface area contributed by atoms with Crippen LogP contribution in [-0.4, -0.2) is 58.2 Å². The van der Waals surface area contributed by atoms with Crippen LogP contribution in [0, 0.1) is 16.6 Å². The average molecular weight is 421 g/mol. The highest BCUT2D eigenvalue weighted by atomic mass is 16.2. The van der Waals surface area contributed by atoms with Crippen LogP contribution in [0.5, 0.6) is 0 Å². The molecule has 1 atom stereocenters. The van der Waals surface area contributed by atoms with E-state index >= 15 is 0 Å². The van der Waals surface area contributed by atoms with E-state index in [1.807, 2.05) is 31.1 Å². The number of benzene rings is 1. The number of carbonyl (C=O) groups is 3. The molecule has 1 spiro atoms. The van der Waals surface area contributed by atoms with E-state index in [9.17, 15) is 14.4 Å². The Morgan fingerprint density at radius 2 is 1.94 bits per heavy atom. The molecule has 8 nitrogen and oxygen atoms in total. The standard InChI is InChI=1S/C22H28BN5O3/c1-26(2)19-11-16(27-12-22(13-27)7-9-23(14-24)10-8-22)3-4-17(19)28(15-29)18-5-6-20(30)25-21(18)31/h3-4,11,15,18H,5-10,12-13H2,1-2H3,(H,25,30,31). The normalized spacial score (nSPS) is 22.4. The van der Waals surface area contributed by atoms with E-state index in [-0.39, 0.29) is 19.0 Å². The number of anilines is 3. The lowest BCUT2D eigenvalue weighted by molar-refractivity contribution is -0.134. The topological polar surface area (TPSA) is 96.8 Å². The molecule has 0 aliphatic carbocycles. The van der Waals surface area contributed by atoms with Crippen LogP contribution in [0.2, 0.25) is 12.6 Å². The third-order valence-corrected chi connectivity index (χ3v) is 7.02. The van der Waals surface area contributed by atoms with Gasteiger partial charge in [0.15, 0.2) is 0 Å². The minimum atomic E-state index is -0.692. The van der Waals surface area contributed by atoms with Crippen molar-refractivity contribution in [2.45, 2.75) is 44.4 Å². The molecule has 0 aromatic heterocycles. The summed E-state index contributed by atoms with van der Waals surface area (Å²) in [5.74, 6) is 1.67. The van der Waals surface area contributed by atoms with E-state index in [4.69, 9.17) is 5.26 Å². The average Bonchev–Trinajstić information content (AvgIpc) is 2.74. The lowest BCUT2D eigenvalue weighted by atomic mass is 9.39. The maximum atomic E-state index is 12.3. The number of rotatable bonds is 5. The Morgan fingerprint density at radius 3 is 2.52 bits per heavy atom. The Morgan fingerprint density at radius 1 is 1.23 bits per heavy atom. The van der Waals surface area contributed by atoms with E-state index in [2.05, 4.69) is 22.3 Å². The molecule has 162 valence electrons. The van der Waals surface area contributed by atoms with Gasteiger partial charge in [-0.2, -0.15) is 0 Å². The summed E-state index contributed by atoms with van der Waals surface area (Å²) in [6, 6.07) is 5.26. The largest absolute Gasteiger partial charge is 0.376 e. The molecule has 4 rings (SSSR count). The maximum absolute atomic E-state index is 12.3. The van der Waals surface area contributed by atoms with Crippen LogP contribution in [0.4, 0.5) is 17.1 Å². The van der Waals surface area contributed by atoms with E-state index in [0.29, 0.717) is 23.9 Å². The van der Waals surface area contributed by atoms with Crippen LogP contribution >= 0.6 is 0 Å². The fraction of sp³-hybridized carbons (Fsp3) is 0.545. The molecule has 0 radical (unpaired) electrons. The molecule has 3 amide bonds. The summed E-state index contributed by atoms with van der Waals surface area (Å²) in [5, 5.41) is 11.5. The Hall–Kier alpha value is -3.02. The van der Waals surface area contributed by atoms with Gasteiger partial charge >= 0.3 is 0 Å². The first-order chi connectivity index (χ1) is 14.9. The minimum Gasteiger partial charge on any atom is -0.376 e. The van der Waals surface area contributed by atoms with Gasteiger partial charge in [0, 0.05) is 50.7 Å². The first-order valence-corrected chi connectivity index (χ1v) is 10.9. The third-order valence-electron chi connectivity index (χ3n) is 7.02. The van der Waals surface area contributed by atoms with Crippen molar-refractivity contribution in [3.63, 3.8) is 0 Å². The van der Waals surface area contributed by atoms with Crippen LogP contribution in [0.15, 0.2) is 18.2 Å². The van der Waals surface area contributed by atoms with Gasteiger partial charge in [-0.3, -0.25) is 19.7 Å². The van der Waals surface area contributed by atoms with E-state index in [0.717, 1.165) is 49.9 Å². The molecule has 1 N–H and O–H groups in total. The molecule has 31 heavy (non-hydrogen) atoms.